The van der Waals surface area contributed by atoms with Crippen LogP contribution in [0.5, 0.6) is 0 Å². The van der Waals surface area contributed by atoms with Crippen LogP contribution in [0.15, 0.2) is 60.7 Å². The number of cyclic esters (lactones) is 1. The summed E-state index contributed by atoms with van der Waals surface area (Å²) in [5.74, 6) is 0. The third kappa shape index (κ3) is 4.20. The molecular formula is C21H26N2O2. The van der Waals surface area contributed by atoms with Crippen LogP contribution >= 0.6 is 0 Å². The number of carbonyl (C=O) groups is 1. The molecule has 2 aromatic carbocycles. The summed E-state index contributed by atoms with van der Waals surface area (Å²) in [5.41, 5.74) is 5.76. The molecule has 0 radical (unpaired) electrons. The van der Waals surface area contributed by atoms with Crippen LogP contribution in [-0.2, 0) is 11.2 Å². The second-order valence-corrected chi connectivity index (χ2v) is 7.63. The number of amides is 1. The highest BCUT2D eigenvalue weighted by molar-refractivity contribution is 5.69. The van der Waals surface area contributed by atoms with E-state index >= 15 is 0 Å². The molecule has 1 fully saturated rings. The maximum atomic E-state index is 12.3. The molecule has 4 heteroatoms. The van der Waals surface area contributed by atoms with Crippen LogP contribution in [0.3, 0.4) is 0 Å². The average molecular weight is 338 g/mol. The molecule has 1 amide bonds. The fraction of sp³-hybridized carbons (Fsp3) is 0.381. The van der Waals surface area contributed by atoms with Gasteiger partial charge in [-0.05, 0) is 23.0 Å². The number of hydrazine groups is 1. The van der Waals surface area contributed by atoms with Gasteiger partial charge in [0.05, 0.1) is 12.1 Å². The minimum Gasteiger partial charge on any atom is -0.446 e. The van der Waals surface area contributed by atoms with Crippen LogP contribution in [0.4, 0.5) is 4.79 Å². The molecule has 4 nitrogen and oxygen atoms in total. The van der Waals surface area contributed by atoms with Gasteiger partial charge in [0.25, 0.3) is 0 Å². The minimum atomic E-state index is -0.300. The fourth-order valence-electron chi connectivity index (χ4n) is 3.21. The van der Waals surface area contributed by atoms with Crippen molar-refractivity contribution >= 4 is 6.09 Å². The van der Waals surface area contributed by atoms with Crippen molar-refractivity contribution < 1.29 is 9.53 Å². The Morgan fingerprint density at radius 3 is 2.28 bits per heavy atom. The van der Waals surface area contributed by atoms with Gasteiger partial charge in [0.1, 0.15) is 6.61 Å². The second-order valence-electron chi connectivity index (χ2n) is 7.63. The first-order valence-corrected chi connectivity index (χ1v) is 8.76. The molecule has 1 N–H and O–H groups in total. The lowest BCUT2D eigenvalue weighted by Gasteiger charge is -2.36. The Hall–Kier alpha value is -2.33. The Labute approximate surface area is 149 Å². The van der Waals surface area contributed by atoms with Gasteiger partial charge in [0.2, 0.25) is 0 Å². The minimum absolute atomic E-state index is 0.0107. The van der Waals surface area contributed by atoms with Gasteiger partial charge < -0.3 is 4.74 Å². The summed E-state index contributed by atoms with van der Waals surface area (Å²) >= 11 is 0. The molecule has 1 aliphatic rings. The first-order valence-electron chi connectivity index (χ1n) is 8.76. The standard InChI is InChI=1S/C21H26N2O2/c1-21(2,3)19(17-12-8-5-9-13-17)22-23-18(15-25-20(23)24)14-16-10-6-4-7-11-16/h4-13,18-19,22H,14-15H2,1-3H3/t18-,19+/m0/s1. The van der Waals surface area contributed by atoms with E-state index in [1.54, 1.807) is 5.01 Å². The van der Waals surface area contributed by atoms with E-state index in [9.17, 15) is 4.79 Å². The van der Waals surface area contributed by atoms with Gasteiger partial charge in [-0.1, -0.05) is 81.4 Å². The molecule has 1 saturated heterocycles. The van der Waals surface area contributed by atoms with Crippen LogP contribution < -0.4 is 5.43 Å². The summed E-state index contributed by atoms with van der Waals surface area (Å²) in [6, 6.07) is 20.5. The summed E-state index contributed by atoms with van der Waals surface area (Å²) in [4.78, 5) is 12.3. The summed E-state index contributed by atoms with van der Waals surface area (Å²) in [6.45, 7) is 6.92. The van der Waals surface area contributed by atoms with E-state index in [2.05, 4.69) is 50.5 Å². The van der Waals surface area contributed by atoms with E-state index in [4.69, 9.17) is 4.74 Å². The van der Waals surface area contributed by atoms with E-state index in [-0.39, 0.29) is 23.6 Å². The zero-order valence-corrected chi connectivity index (χ0v) is 15.1. The number of benzene rings is 2. The zero-order valence-electron chi connectivity index (χ0n) is 15.1. The van der Waals surface area contributed by atoms with Gasteiger partial charge in [-0.2, -0.15) is 0 Å². The lowest BCUT2D eigenvalue weighted by molar-refractivity contribution is 0.104. The predicted molar refractivity (Wildman–Crippen MR) is 98.9 cm³/mol. The molecule has 0 saturated carbocycles. The molecule has 2 atom stereocenters. The van der Waals surface area contributed by atoms with Crippen LogP contribution in [0.25, 0.3) is 0 Å². The number of hydrogen-bond donors (Lipinski definition) is 1. The van der Waals surface area contributed by atoms with E-state index < -0.39 is 0 Å². The number of nitrogens with zero attached hydrogens (tertiary/aromatic N) is 1. The molecule has 2 aromatic rings. The molecule has 25 heavy (non-hydrogen) atoms. The normalized spacial score (nSPS) is 18.9. The van der Waals surface area contributed by atoms with Gasteiger partial charge in [0.15, 0.2) is 0 Å². The van der Waals surface area contributed by atoms with Crippen molar-refractivity contribution in [2.75, 3.05) is 6.61 Å². The average Bonchev–Trinajstić information content (AvgIpc) is 2.93. The van der Waals surface area contributed by atoms with Gasteiger partial charge in [-0.15, -0.1) is 0 Å². The maximum Gasteiger partial charge on any atom is 0.424 e. The van der Waals surface area contributed by atoms with Gasteiger partial charge in [-0.3, -0.25) is 0 Å². The third-order valence-corrected chi connectivity index (χ3v) is 4.54. The molecule has 132 valence electrons. The van der Waals surface area contributed by atoms with Crippen LogP contribution in [0.1, 0.15) is 37.9 Å². The van der Waals surface area contributed by atoms with Crippen molar-refractivity contribution in [3.05, 3.63) is 71.8 Å². The Kier molecular flexibility index (Phi) is 5.09. The summed E-state index contributed by atoms with van der Waals surface area (Å²) < 4.78 is 5.32. The molecule has 0 aliphatic carbocycles. The lowest BCUT2D eigenvalue weighted by Crippen LogP contribution is -2.50. The fourth-order valence-corrected chi connectivity index (χ4v) is 3.21. The lowest BCUT2D eigenvalue weighted by atomic mass is 9.83. The molecular weight excluding hydrogens is 312 g/mol. The Morgan fingerprint density at radius 1 is 1.08 bits per heavy atom. The van der Waals surface area contributed by atoms with Crippen molar-refractivity contribution in [3.63, 3.8) is 0 Å². The molecule has 1 heterocycles. The third-order valence-electron chi connectivity index (χ3n) is 4.54. The highest BCUT2D eigenvalue weighted by atomic mass is 16.6. The van der Waals surface area contributed by atoms with Crippen molar-refractivity contribution in [2.45, 2.75) is 39.3 Å². The number of rotatable bonds is 5. The van der Waals surface area contributed by atoms with Crippen molar-refractivity contribution in [3.8, 4) is 0 Å². The van der Waals surface area contributed by atoms with Gasteiger partial charge >= 0.3 is 6.09 Å². The van der Waals surface area contributed by atoms with Crippen LogP contribution in [0.2, 0.25) is 0 Å². The zero-order chi connectivity index (χ0) is 17.9. The molecule has 1 aliphatic heterocycles. The SMILES string of the molecule is CC(C)(C)[C@H](NN1C(=O)OC[C@@H]1Cc1ccccc1)c1ccccc1. The topological polar surface area (TPSA) is 41.6 Å². The monoisotopic (exact) mass is 338 g/mol. The summed E-state index contributed by atoms with van der Waals surface area (Å²) in [7, 11) is 0. The number of ether oxygens (including phenoxy) is 1. The van der Waals surface area contributed by atoms with Crippen molar-refractivity contribution in [2.24, 2.45) is 5.41 Å². The highest BCUT2D eigenvalue weighted by Crippen LogP contribution is 2.34. The Bertz CT molecular complexity index is 695. The smallest absolute Gasteiger partial charge is 0.424 e. The summed E-state index contributed by atoms with van der Waals surface area (Å²) in [6.07, 6.45) is 0.469. The van der Waals surface area contributed by atoms with Crippen LogP contribution in [0, 0.1) is 5.41 Å². The molecule has 0 bridgehead atoms. The van der Waals surface area contributed by atoms with E-state index in [1.165, 1.54) is 5.56 Å². The first-order chi connectivity index (χ1) is 11.9. The number of hydrogen-bond acceptors (Lipinski definition) is 3. The molecule has 3 rings (SSSR count). The first kappa shape index (κ1) is 17.5. The van der Waals surface area contributed by atoms with E-state index in [0.717, 1.165) is 12.0 Å². The van der Waals surface area contributed by atoms with Gasteiger partial charge in [0, 0.05) is 0 Å². The molecule has 0 aromatic heterocycles. The van der Waals surface area contributed by atoms with Crippen molar-refractivity contribution in [1.29, 1.82) is 0 Å². The maximum absolute atomic E-state index is 12.3. The van der Waals surface area contributed by atoms with E-state index in [0.29, 0.717) is 6.61 Å². The molecule has 0 unspecified atom stereocenters. The second kappa shape index (κ2) is 7.28. The van der Waals surface area contributed by atoms with Gasteiger partial charge in [-0.25, -0.2) is 15.2 Å². The molecule has 0 spiro atoms. The largest absolute Gasteiger partial charge is 0.446 e. The Balaban J connectivity index is 1.80. The van der Waals surface area contributed by atoms with Crippen molar-refractivity contribution in [1.82, 2.24) is 10.4 Å². The number of nitrogens with one attached hydrogen (secondary N) is 1. The van der Waals surface area contributed by atoms with Crippen LogP contribution in [-0.4, -0.2) is 23.8 Å². The summed E-state index contributed by atoms with van der Waals surface area (Å²) in [5, 5.41) is 1.68. The van der Waals surface area contributed by atoms with E-state index in [1.807, 2.05) is 36.4 Å². The number of carbonyl (C=O) groups excluding carboxylic acids is 1. The predicted octanol–water partition coefficient (Wildman–Crippen LogP) is 4.34. The quantitative estimate of drug-likeness (QED) is 0.881. The Morgan fingerprint density at radius 2 is 1.68 bits per heavy atom. The highest BCUT2D eigenvalue weighted by Gasteiger charge is 2.37.